The molecule has 4 heteroatoms. The molecule has 3 atom stereocenters. The molecule has 0 radical (unpaired) electrons. The lowest BCUT2D eigenvalue weighted by molar-refractivity contribution is 0.384. The normalized spacial score (nSPS) is 23.3. The second kappa shape index (κ2) is 7.26. The van der Waals surface area contributed by atoms with Crippen LogP contribution in [0.2, 0.25) is 0 Å². The van der Waals surface area contributed by atoms with Crippen LogP contribution < -0.4 is 10.1 Å². The Hall–Kier alpha value is -2.36. The Bertz CT molecular complexity index is 744. The van der Waals surface area contributed by atoms with Crippen LogP contribution >= 0.6 is 0 Å². The summed E-state index contributed by atoms with van der Waals surface area (Å²) in [5.41, 5.74) is 2.30. The molecule has 1 saturated carbocycles. The molecule has 0 saturated heterocycles. The molecule has 1 N–H and O–H groups in total. The second-order valence-electron chi connectivity index (χ2n) is 6.97. The first kappa shape index (κ1) is 16.1. The van der Waals surface area contributed by atoms with Crippen molar-refractivity contribution in [3.63, 3.8) is 0 Å². The Morgan fingerprint density at radius 3 is 2.88 bits per heavy atom. The minimum absolute atomic E-state index is 0.183. The molecule has 4 rings (SSSR count). The number of amidine groups is 1. The molecule has 1 aromatic heterocycles. The second-order valence-corrected chi connectivity index (χ2v) is 6.97. The van der Waals surface area contributed by atoms with Gasteiger partial charge in [0, 0.05) is 30.3 Å². The number of fused-ring (bicyclic) bond motifs is 1. The van der Waals surface area contributed by atoms with E-state index in [4.69, 9.17) is 9.73 Å². The van der Waals surface area contributed by atoms with Gasteiger partial charge in [-0.05, 0) is 42.7 Å². The molecule has 1 aromatic carbocycles. The third kappa shape index (κ3) is 3.53. The quantitative estimate of drug-likeness (QED) is 0.901. The van der Waals surface area contributed by atoms with Gasteiger partial charge in [0.25, 0.3) is 0 Å². The van der Waals surface area contributed by atoms with E-state index >= 15 is 0 Å². The largest absolute Gasteiger partial charge is 0.497 e. The third-order valence-corrected chi connectivity index (χ3v) is 5.34. The highest BCUT2D eigenvalue weighted by Crippen LogP contribution is 2.32. The van der Waals surface area contributed by atoms with Gasteiger partial charge in [-0.25, -0.2) is 0 Å². The van der Waals surface area contributed by atoms with E-state index in [9.17, 15) is 0 Å². The van der Waals surface area contributed by atoms with Crippen molar-refractivity contribution in [1.82, 2.24) is 10.3 Å². The van der Waals surface area contributed by atoms with Gasteiger partial charge in [0.05, 0.1) is 19.0 Å². The van der Waals surface area contributed by atoms with Crippen LogP contribution in [0.1, 0.15) is 49.3 Å². The highest BCUT2D eigenvalue weighted by atomic mass is 16.5. The molecule has 25 heavy (non-hydrogen) atoms. The summed E-state index contributed by atoms with van der Waals surface area (Å²) in [5, 5.41) is 3.68. The van der Waals surface area contributed by atoms with Crippen LogP contribution in [0.5, 0.6) is 5.75 Å². The first-order valence-corrected chi connectivity index (χ1v) is 9.21. The van der Waals surface area contributed by atoms with Crippen molar-refractivity contribution < 1.29 is 4.74 Å². The predicted molar refractivity (Wildman–Crippen MR) is 100 cm³/mol. The van der Waals surface area contributed by atoms with E-state index in [0.29, 0.717) is 12.1 Å². The zero-order chi connectivity index (χ0) is 17.1. The lowest BCUT2D eigenvalue weighted by Gasteiger charge is -2.23. The number of aromatic nitrogens is 1. The summed E-state index contributed by atoms with van der Waals surface area (Å²) in [4.78, 5) is 9.61. The van der Waals surface area contributed by atoms with E-state index in [-0.39, 0.29) is 5.92 Å². The van der Waals surface area contributed by atoms with Crippen molar-refractivity contribution in [2.24, 2.45) is 4.99 Å². The van der Waals surface area contributed by atoms with E-state index in [1.165, 1.54) is 31.2 Å². The van der Waals surface area contributed by atoms with E-state index in [1.807, 2.05) is 24.4 Å². The van der Waals surface area contributed by atoms with Gasteiger partial charge in [0.15, 0.2) is 0 Å². The molecule has 0 bridgehead atoms. The minimum atomic E-state index is 0.183. The molecule has 130 valence electrons. The van der Waals surface area contributed by atoms with Gasteiger partial charge >= 0.3 is 0 Å². The molecule has 1 fully saturated rings. The molecule has 1 aliphatic carbocycles. The molecular weight excluding hydrogens is 310 g/mol. The van der Waals surface area contributed by atoms with Gasteiger partial charge in [-0.3, -0.25) is 9.98 Å². The molecule has 2 aromatic rings. The Morgan fingerprint density at radius 1 is 1.16 bits per heavy atom. The topological polar surface area (TPSA) is 46.5 Å². The van der Waals surface area contributed by atoms with Crippen LogP contribution in [0, 0.1) is 0 Å². The molecule has 2 heterocycles. The van der Waals surface area contributed by atoms with Gasteiger partial charge in [-0.15, -0.1) is 0 Å². The lowest BCUT2D eigenvalue weighted by atomic mass is 9.91. The summed E-state index contributed by atoms with van der Waals surface area (Å²) in [7, 11) is 1.71. The number of ether oxygens (including phenoxy) is 1. The number of rotatable bonds is 5. The number of hydrogen-bond donors (Lipinski definition) is 1. The fraction of sp³-hybridized carbons (Fsp3) is 0.429. The predicted octanol–water partition coefficient (Wildman–Crippen LogP) is 3.93. The zero-order valence-electron chi connectivity index (χ0n) is 14.7. The fourth-order valence-electron chi connectivity index (χ4n) is 4.02. The van der Waals surface area contributed by atoms with Crippen LogP contribution in [0.15, 0.2) is 53.7 Å². The first-order valence-electron chi connectivity index (χ1n) is 9.21. The van der Waals surface area contributed by atoms with Crippen molar-refractivity contribution in [3.05, 3.63) is 59.9 Å². The average Bonchev–Trinajstić information content (AvgIpc) is 3.09. The first-order chi connectivity index (χ1) is 12.3. The van der Waals surface area contributed by atoms with E-state index in [0.717, 1.165) is 23.7 Å². The molecule has 3 unspecified atom stereocenters. The van der Waals surface area contributed by atoms with Gasteiger partial charge in [0.1, 0.15) is 5.75 Å². The summed E-state index contributed by atoms with van der Waals surface area (Å²) in [6, 6.07) is 15.4. The number of benzene rings is 1. The number of pyridine rings is 1. The van der Waals surface area contributed by atoms with Crippen LogP contribution in [0.3, 0.4) is 0 Å². The Kier molecular flexibility index (Phi) is 4.68. The maximum Gasteiger partial charge on any atom is 0.119 e. The monoisotopic (exact) mass is 335 g/mol. The van der Waals surface area contributed by atoms with Gasteiger partial charge in [0.2, 0.25) is 0 Å². The average molecular weight is 335 g/mol. The summed E-state index contributed by atoms with van der Waals surface area (Å²) >= 11 is 0. The van der Waals surface area contributed by atoms with E-state index < -0.39 is 0 Å². The molecule has 4 nitrogen and oxygen atoms in total. The van der Waals surface area contributed by atoms with Crippen molar-refractivity contribution in [2.75, 3.05) is 7.11 Å². The maximum absolute atomic E-state index is 5.42. The van der Waals surface area contributed by atoms with Crippen molar-refractivity contribution in [2.45, 2.75) is 50.1 Å². The van der Waals surface area contributed by atoms with Crippen molar-refractivity contribution >= 4 is 5.84 Å². The molecule has 0 amide bonds. The van der Waals surface area contributed by atoms with Crippen LogP contribution in [0.4, 0.5) is 0 Å². The summed E-state index contributed by atoms with van der Waals surface area (Å²) in [6.07, 6.45) is 7.80. The SMILES string of the molecule is COc1cccc(C(CC2=NC3CCCCC3N2)c2ccccn2)c1. The Balaban J connectivity index is 1.62. The maximum atomic E-state index is 5.42. The molecule has 2 aliphatic rings. The standard InChI is InChI=1S/C21H25N3O/c1-25-16-8-6-7-15(13-16)17(18-9-4-5-12-22-18)14-21-23-19-10-2-3-11-20(19)24-21/h4-9,12-13,17,19-20H,2-3,10-11,14H2,1H3,(H,23,24). The van der Waals surface area contributed by atoms with Gasteiger partial charge in [-0.1, -0.05) is 31.0 Å². The smallest absolute Gasteiger partial charge is 0.119 e. The summed E-state index contributed by atoms with van der Waals surface area (Å²) < 4.78 is 5.42. The van der Waals surface area contributed by atoms with Gasteiger partial charge < -0.3 is 10.1 Å². The number of nitrogens with zero attached hydrogens (tertiary/aromatic N) is 2. The van der Waals surface area contributed by atoms with E-state index in [1.54, 1.807) is 7.11 Å². The lowest BCUT2D eigenvalue weighted by Crippen LogP contribution is -2.37. The van der Waals surface area contributed by atoms with Crippen molar-refractivity contribution in [1.29, 1.82) is 0 Å². The molecule has 1 aliphatic heterocycles. The van der Waals surface area contributed by atoms with Crippen LogP contribution in [0.25, 0.3) is 0 Å². The Morgan fingerprint density at radius 2 is 2.08 bits per heavy atom. The fourth-order valence-corrected chi connectivity index (χ4v) is 4.02. The number of nitrogens with one attached hydrogen (secondary N) is 1. The number of methoxy groups -OCH3 is 1. The van der Waals surface area contributed by atoms with Crippen molar-refractivity contribution in [3.8, 4) is 5.75 Å². The number of hydrogen-bond acceptors (Lipinski definition) is 4. The minimum Gasteiger partial charge on any atom is -0.497 e. The number of aliphatic imine (C=N–C) groups is 1. The zero-order valence-corrected chi connectivity index (χ0v) is 14.7. The van der Waals surface area contributed by atoms with Gasteiger partial charge in [-0.2, -0.15) is 0 Å². The Labute approximate surface area is 149 Å². The van der Waals surface area contributed by atoms with Crippen LogP contribution in [-0.2, 0) is 0 Å². The molecule has 0 spiro atoms. The summed E-state index contributed by atoms with van der Waals surface area (Å²) in [5.74, 6) is 2.20. The highest BCUT2D eigenvalue weighted by Gasteiger charge is 2.32. The van der Waals surface area contributed by atoms with Crippen LogP contribution in [-0.4, -0.2) is 30.0 Å². The summed E-state index contributed by atoms with van der Waals surface area (Å²) in [6.45, 7) is 0. The van der Waals surface area contributed by atoms with E-state index in [2.05, 4.69) is 34.6 Å². The highest BCUT2D eigenvalue weighted by molar-refractivity contribution is 5.85. The molecular formula is C21H25N3O. The third-order valence-electron chi connectivity index (χ3n) is 5.34.